The molecular formula is C10H18BN3. The summed E-state index contributed by atoms with van der Waals surface area (Å²) >= 11 is 0. The van der Waals surface area contributed by atoms with Gasteiger partial charge in [0.25, 0.3) is 0 Å². The van der Waals surface area contributed by atoms with Crippen molar-refractivity contribution >= 4 is 13.8 Å². The lowest BCUT2D eigenvalue weighted by Gasteiger charge is -2.40. The lowest BCUT2D eigenvalue weighted by molar-refractivity contribution is 0.201. The van der Waals surface area contributed by atoms with E-state index in [1.54, 1.807) is 0 Å². The van der Waals surface area contributed by atoms with E-state index in [0.717, 1.165) is 19.3 Å². The topological polar surface area (TPSA) is 30.3 Å². The molecule has 1 aliphatic heterocycles. The number of rotatable bonds is 0. The summed E-state index contributed by atoms with van der Waals surface area (Å²) in [5, 5.41) is 7.86. The smallest absolute Gasteiger partial charge is 0.193 e. The number of nitrogens with zero attached hydrogens (tertiary/aromatic N) is 2. The zero-order valence-corrected chi connectivity index (χ0v) is 9.25. The van der Waals surface area contributed by atoms with Gasteiger partial charge < -0.3 is 9.80 Å². The number of nitrogens with one attached hydrogen (secondary N) is 1. The van der Waals surface area contributed by atoms with Crippen molar-refractivity contribution in [3.05, 3.63) is 0 Å². The molecule has 2 aliphatic rings. The van der Waals surface area contributed by atoms with Gasteiger partial charge in [-0.05, 0) is 12.8 Å². The van der Waals surface area contributed by atoms with Crippen LogP contribution in [0.15, 0.2) is 0 Å². The summed E-state index contributed by atoms with van der Waals surface area (Å²) in [6.07, 6.45) is 3.18. The highest BCUT2D eigenvalue weighted by atomic mass is 15.4. The molecule has 1 saturated heterocycles. The molecule has 14 heavy (non-hydrogen) atoms. The van der Waals surface area contributed by atoms with Crippen LogP contribution in [-0.4, -0.2) is 49.8 Å². The van der Waals surface area contributed by atoms with Crippen molar-refractivity contribution in [3.8, 4) is 0 Å². The molecule has 2 fully saturated rings. The summed E-state index contributed by atoms with van der Waals surface area (Å²) in [7, 11) is 10.2. The summed E-state index contributed by atoms with van der Waals surface area (Å²) in [4.78, 5) is 4.15. The minimum Gasteiger partial charge on any atom is -0.341 e. The number of hydrogen-bond acceptors (Lipinski definition) is 1. The molecular weight excluding hydrogens is 173 g/mol. The van der Waals surface area contributed by atoms with Gasteiger partial charge in [-0.25, -0.2) is 0 Å². The third-order valence-electron chi connectivity index (χ3n) is 3.79. The van der Waals surface area contributed by atoms with Crippen LogP contribution in [0.25, 0.3) is 0 Å². The van der Waals surface area contributed by atoms with Gasteiger partial charge in [-0.15, -0.1) is 0 Å². The van der Waals surface area contributed by atoms with E-state index >= 15 is 0 Å². The van der Waals surface area contributed by atoms with Crippen molar-refractivity contribution in [2.75, 3.05) is 14.1 Å². The van der Waals surface area contributed by atoms with E-state index in [9.17, 15) is 0 Å². The summed E-state index contributed by atoms with van der Waals surface area (Å²) in [6, 6.07) is 0.945. The van der Waals surface area contributed by atoms with Crippen LogP contribution < -0.4 is 0 Å². The highest BCUT2D eigenvalue weighted by Crippen LogP contribution is 2.44. The van der Waals surface area contributed by atoms with Gasteiger partial charge in [0, 0.05) is 14.1 Å². The van der Waals surface area contributed by atoms with Gasteiger partial charge in [-0.3, -0.25) is 5.41 Å². The van der Waals surface area contributed by atoms with E-state index in [-0.39, 0.29) is 5.31 Å². The molecule has 0 aromatic carbocycles. The van der Waals surface area contributed by atoms with Gasteiger partial charge in [-0.2, -0.15) is 0 Å². The average Bonchev–Trinajstić information content (AvgIpc) is 2.30. The lowest BCUT2D eigenvalue weighted by atomic mass is 9.59. The largest absolute Gasteiger partial charge is 0.341 e. The second-order valence-corrected chi connectivity index (χ2v) is 5.08. The van der Waals surface area contributed by atoms with Crippen molar-refractivity contribution in [2.24, 2.45) is 0 Å². The first-order chi connectivity index (χ1) is 6.42. The Morgan fingerprint density at radius 2 is 1.93 bits per heavy atom. The number of fused-ring (bicyclic) bond motifs is 1. The van der Waals surface area contributed by atoms with Gasteiger partial charge in [0.15, 0.2) is 5.96 Å². The first-order valence-corrected chi connectivity index (χ1v) is 5.25. The zero-order valence-electron chi connectivity index (χ0n) is 9.25. The maximum atomic E-state index is 7.90. The second-order valence-electron chi connectivity index (χ2n) is 5.08. The molecule has 0 bridgehead atoms. The fourth-order valence-electron chi connectivity index (χ4n) is 2.80. The number of guanidine groups is 1. The van der Waals surface area contributed by atoms with Gasteiger partial charge in [-0.1, -0.05) is 18.7 Å². The third-order valence-corrected chi connectivity index (χ3v) is 3.79. The highest BCUT2D eigenvalue weighted by Gasteiger charge is 2.45. The Bertz CT molecular complexity index is 264. The van der Waals surface area contributed by atoms with E-state index in [2.05, 4.69) is 16.7 Å². The van der Waals surface area contributed by atoms with E-state index in [1.807, 2.05) is 14.1 Å². The van der Waals surface area contributed by atoms with Gasteiger partial charge in [0.1, 0.15) is 0 Å². The minimum absolute atomic E-state index is 0.0408. The highest BCUT2D eigenvalue weighted by molar-refractivity contribution is 6.15. The standard InChI is InChI=1S/C10H18BN3/c1-10(11)5-4-7-8(6-10)14(3)9(12)13(7)2/h7-8,12H,4-6H2,1-3H3. The molecule has 2 radical (unpaired) electrons. The molecule has 76 valence electrons. The Kier molecular flexibility index (Phi) is 2.05. The third kappa shape index (κ3) is 1.32. The van der Waals surface area contributed by atoms with Gasteiger partial charge in [0.05, 0.1) is 19.9 Å². The second kappa shape index (κ2) is 2.91. The van der Waals surface area contributed by atoms with Crippen LogP contribution in [-0.2, 0) is 0 Å². The van der Waals surface area contributed by atoms with Crippen LogP contribution >= 0.6 is 0 Å². The van der Waals surface area contributed by atoms with Crippen molar-refractivity contribution in [2.45, 2.75) is 43.6 Å². The molecule has 3 nitrogen and oxygen atoms in total. The molecule has 2 rings (SSSR count). The summed E-state index contributed by atoms with van der Waals surface area (Å²) in [5.41, 5.74) is 0. The monoisotopic (exact) mass is 191 g/mol. The molecule has 0 spiro atoms. The fraction of sp³-hybridized carbons (Fsp3) is 0.900. The Hall–Kier alpha value is -0.665. The minimum atomic E-state index is -0.0408. The van der Waals surface area contributed by atoms with Crippen molar-refractivity contribution in [1.82, 2.24) is 9.80 Å². The Labute approximate surface area is 87.4 Å². The molecule has 0 aromatic heterocycles. The Morgan fingerprint density at radius 3 is 2.57 bits per heavy atom. The van der Waals surface area contributed by atoms with Crippen LogP contribution in [0, 0.1) is 5.41 Å². The fourth-order valence-corrected chi connectivity index (χ4v) is 2.80. The summed E-state index contributed by atoms with van der Waals surface area (Å²) in [6.45, 7) is 2.12. The number of likely N-dealkylation sites (N-methyl/N-ethyl adjacent to an activating group) is 2. The Morgan fingerprint density at radius 1 is 1.36 bits per heavy atom. The van der Waals surface area contributed by atoms with Crippen LogP contribution in [0.2, 0.25) is 5.31 Å². The van der Waals surface area contributed by atoms with Gasteiger partial charge in [0.2, 0.25) is 0 Å². The van der Waals surface area contributed by atoms with Crippen molar-refractivity contribution < 1.29 is 0 Å². The molecule has 0 aromatic rings. The average molecular weight is 191 g/mol. The van der Waals surface area contributed by atoms with E-state index in [0.29, 0.717) is 18.0 Å². The predicted molar refractivity (Wildman–Crippen MR) is 58.8 cm³/mol. The summed E-state index contributed by atoms with van der Waals surface area (Å²) in [5.74, 6) is 0.637. The van der Waals surface area contributed by atoms with E-state index in [1.165, 1.54) is 0 Å². The molecule has 0 amide bonds. The molecule has 1 aliphatic carbocycles. The molecule has 3 atom stereocenters. The number of hydrogen-bond donors (Lipinski definition) is 1. The quantitative estimate of drug-likeness (QED) is 0.580. The first-order valence-electron chi connectivity index (χ1n) is 5.25. The molecule has 3 unspecified atom stereocenters. The SMILES string of the molecule is [B]C1(C)CCC2C(C1)N(C)C(=N)N2C. The zero-order chi connectivity index (χ0) is 10.5. The van der Waals surface area contributed by atoms with Crippen LogP contribution in [0.5, 0.6) is 0 Å². The molecule has 1 saturated carbocycles. The maximum absolute atomic E-state index is 7.90. The van der Waals surface area contributed by atoms with Crippen LogP contribution in [0.3, 0.4) is 0 Å². The Balaban J connectivity index is 2.20. The van der Waals surface area contributed by atoms with Gasteiger partial charge >= 0.3 is 0 Å². The van der Waals surface area contributed by atoms with Crippen LogP contribution in [0.1, 0.15) is 26.2 Å². The predicted octanol–water partition coefficient (Wildman–Crippen LogP) is 1.07. The maximum Gasteiger partial charge on any atom is 0.193 e. The lowest BCUT2D eigenvalue weighted by Crippen LogP contribution is -2.42. The van der Waals surface area contributed by atoms with Crippen LogP contribution in [0.4, 0.5) is 0 Å². The molecule has 1 heterocycles. The molecule has 4 heteroatoms. The normalized spacial score (nSPS) is 42.9. The van der Waals surface area contributed by atoms with E-state index < -0.39 is 0 Å². The summed E-state index contributed by atoms with van der Waals surface area (Å²) < 4.78 is 0. The molecule has 1 N–H and O–H groups in total. The van der Waals surface area contributed by atoms with Crippen molar-refractivity contribution in [3.63, 3.8) is 0 Å². The van der Waals surface area contributed by atoms with E-state index in [4.69, 9.17) is 13.3 Å². The first kappa shape index (κ1) is 9.87. The van der Waals surface area contributed by atoms with Crippen molar-refractivity contribution in [1.29, 1.82) is 5.41 Å².